The van der Waals surface area contributed by atoms with Gasteiger partial charge in [-0.2, -0.15) is 0 Å². The van der Waals surface area contributed by atoms with Crippen molar-refractivity contribution in [3.8, 4) is 0 Å². The first kappa shape index (κ1) is 11.3. The number of piperidine rings is 1. The number of alkyl halides is 1. The molecule has 1 N–H and O–H groups in total. The monoisotopic (exact) mass is 216 g/mol. The minimum Gasteiger partial charge on any atom is -0.376 e. The highest BCUT2D eigenvalue weighted by atomic mass is 19.1. The number of likely N-dealkylation sites (tertiary alicyclic amines) is 1. The number of morpholine rings is 1. The van der Waals surface area contributed by atoms with Crippen LogP contribution in [-0.4, -0.2) is 56.5 Å². The second-order valence-electron chi connectivity index (χ2n) is 4.50. The van der Waals surface area contributed by atoms with Crippen LogP contribution in [0.5, 0.6) is 0 Å². The van der Waals surface area contributed by atoms with Crippen LogP contribution >= 0.6 is 0 Å². The average molecular weight is 216 g/mol. The molecule has 0 aliphatic carbocycles. The molecule has 0 aromatic carbocycles. The van der Waals surface area contributed by atoms with E-state index in [0.29, 0.717) is 18.9 Å². The van der Waals surface area contributed by atoms with E-state index in [4.69, 9.17) is 4.74 Å². The summed E-state index contributed by atoms with van der Waals surface area (Å²) in [5.41, 5.74) is 0. The van der Waals surface area contributed by atoms with Crippen molar-refractivity contribution in [1.29, 1.82) is 0 Å². The van der Waals surface area contributed by atoms with Crippen LogP contribution in [0, 0.1) is 0 Å². The van der Waals surface area contributed by atoms with E-state index in [-0.39, 0.29) is 0 Å². The van der Waals surface area contributed by atoms with Crippen molar-refractivity contribution in [2.24, 2.45) is 0 Å². The Kier molecular flexibility index (Phi) is 4.35. The number of nitrogens with zero attached hydrogens (tertiary/aromatic N) is 1. The third kappa shape index (κ3) is 3.70. The lowest BCUT2D eigenvalue weighted by molar-refractivity contribution is 0.0147. The third-order valence-corrected chi connectivity index (χ3v) is 3.29. The molecule has 1 atom stereocenters. The van der Waals surface area contributed by atoms with Gasteiger partial charge in [-0.15, -0.1) is 0 Å². The molecule has 0 saturated carbocycles. The summed E-state index contributed by atoms with van der Waals surface area (Å²) < 4.78 is 18.5. The minimum absolute atomic E-state index is 0.363. The van der Waals surface area contributed by atoms with Gasteiger partial charge in [0.2, 0.25) is 0 Å². The van der Waals surface area contributed by atoms with Crippen LogP contribution in [0.4, 0.5) is 4.39 Å². The molecular weight excluding hydrogens is 195 g/mol. The van der Waals surface area contributed by atoms with Gasteiger partial charge in [0.15, 0.2) is 0 Å². The molecule has 3 nitrogen and oxygen atoms in total. The van der Waals surface area contributed by atoms with Crippen molar-refractivity contribution in [2.75, 3.05) is 39.3 Å². The van der Waals surface area contributed by atoms with Crippen molar-refractivity contribution >= 4 is 0 Å². The molecule has 0 spiro atoms. The van der Waals surface area contributed by atoms with E-state index in [1.54, 1.807) is 0 Å². The second-order valence-corrected chi connectivity index (χ2v) is 4.50. The lowest BCUT2D eigenvalue weighted by atomic mass is 10.1. The van der Waals surface area contributed by atoms with Crippen LogP contribution in [0.1, 0.15) is 19.3 Å². The van der Waals surface area contributed by atoms with E-state index < -0.39 is 6.17 Å². The van der Waals surface area contributed by atoms with Gasteiger partial charge in [0.05, 0.1) is 12.7 Å². The highest BCUT2D eigenvalue weighted by Crippen LogP contribution is 2.14. The Labute approximate surface area is 91.0 Å². The Balaban J connectivity index is 1.60. The molecule has 2 rings (SSSR count). The zero-order valence-electron chi connectivity index (χ0n) is 9.25. The molecule has 15 heavy (non-hydrogen) atoms. The normalized spacial score (nSPS) is 30.6. The lowest BCUT2D eigenvalue weighted by Crippen LogP contribution is -2.42. The van der Waals surface area contributed by atoms with Gasteiger partial charge in [0.1, 0.15) is 6.17 Å². The first-order valence-corrected chi connectivity index (χ1v) is 6.03. The molecule has 2 heterocycles. The Morgan fingerprint density at radius 3 is 2.80 bits per heavy atom. The average Bonchev–Trinajstić information content (AvgIpc) is 2.30. The number of hydrogen-bond acceptors (Lipinski definition) is 3. The molecule has 2 aliphatic heterocycles. The van der Waals surface area contributed by atoms with Crippen molar-refractivity contribution in [3.05, 3.63) is 0 Å². The zero-order valence-corrected chi connectivity index (χ0v) is 9.25. The molecule has 2 fully saturated rings. The number of halogens is 1. The summed E-state index contributed by atoms with van der Waals surface area (Å²) in [7, 11) is 0. The third-order valence-electron chi connectivity index (χ3n) is 3.29. The maximum absolute atomic E-state index is 12.9. The van der Waals surface area contributed by atoms with Gasteiger partial charge in [-0.1, -0.05) is 0 Å². The van der Waals surface area contributed by atoms with Gasteiger partial charge in [0.25, 0.3) is 0 Å². The second kappa shape index (κ2) is 5.77. The number of rotatable bonds is 3. The number of hydrogen-bond donors (Lipinski definition) is 1. The predicted octanol–water partition coefficient (Wildman–Crippen LogP) is 0.799. The SMILES string of the molecule is FC1CCN(CCC2CNCCO2)CC1. The van der Waals surface area contributed by atoms with E-state index in [0.717, 1.165) is 45.8 Å². The Bertz CT molecular complexity index is 177. The maximum atomic E-state index is 12.9. The fraction of sp³-hybridized carbons (Fsp3) is 1.00. The van der Waals surface area contributed by atoms with Gasteiger partial charge in [-0.3, -0.25) is 0 Å². The molecule has 0 bridgehead atoms. The van der Waals surface area contributed by atoms with Gasteiger partial charge in [-0.25, -0.2) is 4.39 Å². The highest BCUT2D eigenvalue weighted by Gasteiger charge is 2.20. The van der Waals surface area contributed by atoms with Gasteiger partial charge in [-0.05, 0) is 19.3 Å². The van der Waals surface area contributed by atoms with Crippen LogP contribution in [0.25, 0.3) is 0 Å². The molecule has 1 unspecified atom stereocenters. The van der Waals surface area contributed by atoms with Gasteiger partial charge < -0.3 is 15.0 Å². The van der Waals surface area contributed by atoms with Crippen LogP contribution in [0.3, 0.4) is 0 Å². The quantitative estimate of drug-likeness (QED) is 0.755. The van der Waals surface area contributed by atoms with E-state index >= 15 is 0 Å². The molecule has 0 aromatic rings. The molecule has 0 aromatic heterocycles. The summed E-state index contributed by atoms with van der Waals surface area (Å²) in [4.78, 5) is 2.36. The summed E-state index contributed by atoms with van der Waals surface area (Å²) in [5, 5.41) is 3.33. The molecule has 0 radical (unpaired) electrons. The molecule has 2 aliphatic rings. The number of nitrogens with one attached hydrogen (secondary N) is 1. The molecule has 4 heteroatoms. The first-order chi connectivity index (χ1) is 7.34. The largest absolute Gasteiger partial charge is 0.376 e. The summed E-state index contributed by atoms with van der Waals surface area (Å²) >= 11 is 0. The van der Waals surface area contributed by atoms with E-state index in [1.165, 1.54) is 0 Å². The highest BCUT2D eigenvalue weighted by molar-refractivity contribution is 4.74. The van der Waals surface area contributed by atoms with Gasteiger partial charge >= 0.3 is 0 Å². The Morgan fingerprint density at radius 1 is 1.33 bits per heavy atom. The van der Waals surface area contributed by atoms with Crippen LogP contribution in [0.2, 0.25) is 0 Å². The van der Waals surface area contributed by atoms with Crippen molar-refractivity contribution in [2.45, 2.75) is 31.5 Å². The van der Waals surface area contributed by atoms with Gasteiger partial charge in [0, 0.05) is 32.7 Å². The van der Waals surface area contributed by atoms with Crippen LogP contribution in [-0.2, 0) is 4.74 Å². The van der Waals surface area contributed by atoms with Crippen LogP contribution < -0.4 is 5.32 Å². The van der Waals surface area contributed by atoms with Crippen molar-refractivity contribution < 1.29 is 9.13 Å². The van der Waals surface area contributed by atoms with Crippen LogP contribution in [0.15, 0.2) is 0 Å². The van der Waals surface area contributed by atoms with Crippen molar-refractivity contribution in [3.63, 3.8) is 0 Å². The van der Waals surface area contributed by atoms with E-state index in [1.807, 2.05) is 0 Å². The Hall–Kier alpha value is -0.190. The van der Waals surface area contributed by atoms with E-state index in [9.17, 15) is 4.39 Å². The first-order valence-electron chi connectivity index (χ1n) is 6.03. The maximum Gasteiger partial charge on any atom is 0.103 e. The van der Waals surface area contributed by atoms with Crippen molar-refractivity contribution in [1.82, 2.24) is 10.2 Å². The fourth-order valence-corrected chi connectivity index (χ4v) is 2.26. The molecular formula is C11H21FN2O. The summed E-state index contributed by atoms with van der Waals surface area (Å²) in [6.45, 7) is 5.67. The lowest BCUT2D eigenvalue weighted by Gasteiger charge is -2.31. The summed E-state index contributed by atoms with van der Waals surface area (Å²) in [6.07, 6.45) is 2.30. The molecule has 0 amide bonds. The number of ether oxygens (including phenoxy) is 1. The molecule has 2 saturated heterocycles. The van der Waals surface area contributed by atoms with E-state index in [2.05, 4.69) is 10.2 Å². The topological polar surface area (TPSA) is 24.5 Å². The summed E-state index contributed by atoms with van der Waals surface area (Å²) in [6, 6.07) is 0. The standard InChI is InChI=1S/C11H21FN2O/c12-10-1-5-14(6-2-10)7-3-11-9-13-4-8-15-11/h10-11,13H,1-9H2. The fourth-order valence-electron chi connectivity index (χ4n) is 2.26. The predicted molar refractivity (Wildman–Crippen MR) is 57.8 cm³/mol. The zero-order chi connectivity index (χ0) is 10.5. The summed E-state index contributed by atoms with van der Waals surface area (Å²) in [5.74, 6) is 0. The smallest absolute Gasteiger partial charge is 0.103 e. The molecule has 88 valence electrons. The Morgan fingerprint density at radius 2 is 2.13 bits per heavy atom. The minimum atomic E-state index is -0.561.